The minimum absolute atomic E-state index is 0.0655. The van der Waals surface area contributed by atoms with Crippen LogP contribution in [0.25, 0.3) is 0 Å². The zero-order valence-electron chi connectivity index (χ0n) is 13.2. The fourth-order valence-corrected chi connectivity index (χ4v) is 4.24. The Hall–Kier alpha value is -2.34. The Kier molecular flexibility index (Phi) is 4.75. The highest BCUT2D eigenvalue weighted by atomic mass is 32.2. The topological polar surface area (TPSA) is 74.7 Å². The van der Waals surface area contributed by atoms with E-state index in [-0.39, 0.29) is 4.90 Å². The van der Waals surface area contributed by atoms with Gasteiger partial charge in [-0.05, 0) is 44.0 Å². The molecule has 6 heteroatoms. The highest BCUT2D eigenvalue weighted by Crippen LogP contribution is 2.32. The van der Waals surface area contributed by atoms with Crippen molar-refractivity contribution >= 4 is 21.7 Å². The second-order valence-corrected chi connectivity index (χ2v) is 7.18. The summed E-state index contributed by atoms with van der Waals surface area (Å²) in [5, 5.41) is 9.40. The van der Waals surface area contributed by atoms with E-state index in [1.807, 2.05) is 6.07 Å². The lowest BCUT2D eigenvalue weighted by Gasteiger charge is -2.30. The van der Waals surface area contributed by atoms with Gasteiger partial charge in [0.15, 0.2) is 0 Å². The van der Waals surface area contributed by atoms with Crippen LogP contribution in [0, 0.1) is 13.8 Å². The molecular formula is C17H19NO4S. The van der Waals surface area contributed by atoms with Gasteiger partial charge in [0, 0.05) is 0 Å². The number of para-hydroxylation sites is 1. The smallest absolute Gasteiger partial charge is 0.327 e. The van der Waals surface area contributed by atoms with Gasteiger partial charge in [-0.3, -0.25) is 4.31 Å². The van der Waals surface area contributed by atoms with Crippen molar-refractivity contribution in [3.8, 4) is 0 Å². The molecule has 0 heterocycles. The van der Waals surface area contributed by atoms with Crippen LogP contribution >= 0.6 is 0 Å². The molecule has 1 N–H and O–H groups in total. The van der Waals surface area contributed by atoms with E-state index in [0.717, 1.165) is 4.31 Å². The van der Waals surface area contributed by atoms with Gasteiger partial charge >= 0.3 is 5.97 Å². The van der Waals surface area contributed by atoms with Crippen LogP contribution in [0.3, 0.4) is 0 Å². The van der Waals surface area contributed by atoms with Crippen LogP contribution in [-0.4, -0.2) is 25.5 Å². The number of carboxylic acids is 1. The maximum absolute atomic E-state index is 13.0. The van der Waals surface area contributed by atoms with Gasteiger partial charge in [0.25, 0.3) is 10.0 Å². The summed E-state index contributed by atoms with van der Waals surface area (Å²) in [5.74, 6) is -1.20. The third kappa shape index (κ3) is 3.22. The number of hydrogen-bond donors (Lipinski definition) is 1. The predicted molar refractivity (Wildman–Crippen MR) is 89.1 cm³/mol. The molecule has 0 saturated carbocycles. The second-order valence-electron chi connectivity index (χ2n) is 5.37. The highest BCUT2D eigenvalue weighted by Gasteiger charge is 2.34. The molecule has 0 aromatic heterocycles. The fourth-order valence-electron chi connectivity index (χ4n) is 2.48. The summed E-state index contributed by atoms with van der Waals surface area (Å²) in [7, 11) is -3.99. The number of hydrogen-bond acceptors (Lipinski definition) is 3. The molecular weight excluding hydrogens is 314 g/mol. The van der Waals surface area contributed by atoms with Crippen molar-refractivity contribution in [3.63, 3.8) is 0 Å². The molecule has 0 spiro atoms. The number of carbonyl (C=O) groups is 1. The molecule has 1 atom stereocenters. The lowest BCUT2D eigenvalue weighted by Crippen LogP contribution is -2.44. The highest BCUT2D eigenvalue weighted by molar-refractivity contribution is 7.93. The van der Waals surface area contributed by atoms with E-state index in [1.165, 1.54) is 19.1 Å². The van der Waals surface area contributed by atoms with Crippen molar-refractivity contribution in [2.75, 3.05) is 4.31 Å². The molecule has 0 saturated heterocycles. The molecule has 5 nitrogen and oxygen atoms in total. The summed E-state index contributed by atoms with van der Waals surface area (Å²) in [6.45, 7) is 4.91. The largest absolute Gasteiger partial charge is 0.480 e. The number of benzene rings is 2. The van der Waals surface area contributed by atoms with E-state index >= 15 is 0 Å². The summed E-state index contributed by atoms with van der Waals surface area (Å²) < 4.78 is 27.1. The summed E-state index contributed by atoms with van der Waals surface area (Å²) in [5.41, 5.74) is 1.82. The standard InChI is InChI=1S/C17H19NO4S/c1-12-8-7-9-13(2)16(12)18(14(3)17(19)20)23(21,22)15-10-5-4-6-11-15/h4-11,14H,1-3H3,(H,19,20). The van der Waals surface area contributed by atoms with E-state index in [4.69, 9.17) is 0 Å². The Bertz CT molecular complexity index is 795. The van der Waals surface area contributed by atoms with Crippen LogP contribution < -0.4 is 4.31 Å². The number of rotatable bonds is 5. The van der Waals surface area contributed by atoms with E-state index in [1.54, 1.807) is 44.2 Å². The SMILES string of the molecule is Cc1cccc(C)c1N(C(C)C(=O)O)S(=O)(=O)c1ccccc1. The first-order valence-corrected chi connectivity index (χ1v) is 8.59. The summed E-state index contributed by atoms with van der Waals surface area (Å²) in [6, 6.07) is 12.0. The maximum Gasteiger partial charge on any atom is 0.327 e. The van der Waals surface area contributed by atoms with Crippen molar-refractivity contribution in [2.24, 2.45) is 0 Å². The molecule has 1 unspecified atom stereocenters. The molecule has 0 amide bonds. The second kappa shape index (κ2) is 6.42. The van der Waals surface area contributed by atoms with Crippen LogP contribution in [-0.2, 0) is 14.8 Å². The van der Waals surface area contributed by atoms with Crippen LogP contribution in [0.1, 0.15) is 18.1 Å². The van der Waals surface area contributed by atoms with Gasteiger partial charge in [-0.15, -0.1) is 0 Å². The Balaban J connectivity index is 2.72. The Morgan fingerprint density at radius 1 is 1.00 bits per heavy atom. The molecule has 0 aliphatic rings. The van der Waals surface area contributed by atoms with E-state index < -0.39 is 22.0 Å². The summed E-state index contributed by atoms with van der Waals surface area (Å²) >= 11 is 0. The molecule has 2 rings (SSSR count). The Labute approximate surface area is 136 Å². The van der Waals surface area contributed by atoms with Crippen LogP contribution in [0.15, 0.2) is 53.4 Å². The lowest BCUT2D eigenvalue weighted by molar-refractivity contribution is -0.137. The van der Waals surface area contributed by atoms with Gasteiger partial charge in [-0.1, -0.05) is 36.4 Å². The minimum Gasteiger partial charge on any atom is -0.480 e. The van der Waals surface area contributed by atoms with Crippen LogP contribution in [0.2, 0.25) is 0 Å². The monoisotopic (exact) mass is 333 g/mol. The van der Waals surface area contributed by atoms with Gasteiger partial charge in [-0.2, -0.15) is 0 Å². The molecule has 2 aromatic carbocycles. The lowest BCUT2D eigenvalue weighted by atomic mass is 10.1. The minimum atomic E-state index is -3.99. The predicted octanol–water partition coefficient (Wildman–Crippen LogP) is 2.97. The number of carboxylic acid groups (broad SMARTS) is 1. The molecule has 0 radical (unpaired) electrons. The molecule has 0 aliphatic heterocycles. The van der Waals surface area contributed by atoms with Crippen LogP contribution in [0.4, 0.5) is 5.69 Å². The Morgan fingerprint density at radius 2 is 1.52 bits per heavy atom. The number of sulfonamides is 1. The Morgan fingerprint density at radius 3 is 2.00 bits per heavy atom. The zero-order chi connectivity index (χ0) is 17.2. The zero-order valence-corrected chi connectivity index (χ0v) is 14.0. The first-order chi connectivity index (χ1) is 10.8. The third-order valence-corrected chi connectivity index (χ3v) is 5.55. The van der Waals surface area contributed by atoms with Gasteiger partial charge in [-0.25, -0.2) is 13.2 Å². The molecule has 23 heavy (non-hydrogen) atoms. The van der Waals surface area contributed by atoms with Crippen molar-refractivity contribution in [3.05, 3.63) is 59.7 Å². The number of aryl methyl sites for hydroxylation is 2. The van der Waals surface area contributed by atoms with Crippen molar-refractivity contribution in [2.45, 2.75) is 31.7 Å². The van der Waals surface area contributed by atoms with E-state index in [0.29, 0.717) is 16.8 Å². The fraction of sp³-hybridized carbons (Fsp3) is 0.235. The first kappa shape index (κ1) is 17.0. The van der Waals surface area contributed by atoms with E-state index in [9.17, 15) is 18.3 Å². The number of anilines is 1. The van der Waals surface area contributed by atoms with Crippen molar-refractivity contribution < 1.29 is 18.3 Å². The third-order valence-electron chi connectivity index (χ3n) is 3.67. The normalized spacial score (nSPS) is 12.7. The van der Waals surface area contributed by atoms with E-state index in [2.05, 4.69) is 0 Å². The summed E-state index contributed by atoms with van der Waals surface area (Å²) in [4.78, 5) is 11.6. The van der Waals surface area contributed by atoms with Crippen LogP contribution in [0.5, 0.6) is 0 Å². The molecule has 0 bridgehead atoms. The van der Waals surface area contributed by atoms with Gasteiger partial charge in [0.1, 0.15) is 6.04 Å². The molecule has 122 valence electrons. The summed E-state index contributed by atoms with van der Waals surface area (Å²) in [6.07, 6.45) is 0. The molecule has 2 aromatic rings. The van der Waals surface area contributed by atoms with Gasteiger partial charge in [0.05, 0.1) is 10.6 Å². The van der Waals surface area contributed by atoms with Gasteiger partial charge in [0.2, 0.25) is 0 Å². The number of nitrogens with zero attached hydrogens (tertiary/aromatic N) is 1. The van der Waals surface area contributed by atoms with Crippen molar-refractivity contribution in [1.29, 1.82) is 0 Å². The average molecular weight is 333 g/mol. The van der Waals surface area contributed by atoms with Gasteiger partial charge < -0.3 is 5.11 Å². The quantitative estimate of drug-likeness (QED) is 0.913. The number of aliphatic carboxylic acids is 1. The molecule has 0 aliphatic carbocycles. The molecule has 0 fully saturated rings. The first-order valence-electron chi connectivity index (χ1n) is 7.15. The maximum atomic E-state index is 13.0. The van der Waals surface area contributed by atoms with Crippen molar-refractivity contribution in [1.82, 2.24) is 0 Å². The average Bonchev–Trinajstić information content (AvgIpc) is 2.51.